The van der Waals surface area contributed by atoms with Crippen molar-refractivity contribution in [2.45, 2.75) is 37.1 Å². The maximum Gasteiger partial charge on any atom is 0.271 e. The first-order valence-corrected chi connectivity index (χ1v) is 12.7. The van der Waals surface area contributed by atoms with E-state index in [1.54, 1.807) is 19.2 Å². The Hall–Kier alpha value is -3.97. The lowest BCUT2D eigenvalue weighted by atomic mass is 9.56. The molecule has 188 valence electrons. The van der Waals surface area contributed by atoms with Gasteiger partial charge in [0.1, 0.15) is 5.75 Å². The Bertz CT molecular complexity index is 1500. The summed E-state index contributed by atoms with van der Waals surface area (Å²) >= 11 is 0. The van der Waals surface area contributed by atoms with Crippen molar-refractivity contribution in [2.24, 2.45) is 5.92 Å². The molecule has 1 aliphatic carbocycles. The molecule has 1 saturated heterocycles. The van der Waals surface area contributed by atoms with Gasteiger partial charge in [0.05, 0.1) is 23.6 Å². The highest BCUT2D eigenvalue weighted by atomic mass is 16.6. The molecule has 1 fully saturated rings. The molecule has 1 aromatic heterocycles. The number of rotatable bonds is 6. The highest BCUT2D eigenvalue weighted by molar-refractivity contribution is 5.89. The number of piperidine rings is 1. The Morgan fingerprint density at radius 1 is 1.11 bits per heavy atom. The van der Waals surface area contributed by atoms with Gasteiger partial charge in [-0.3, -0.25) is 14.9 Å². The van der Waals surface area contributed by atoms with Crippen molar-refractivity contribution >= 4 is 22.4 Å². The quantitative estimate of drug-likeness (QED) is 0.293. The zero-order valence-electron chi connectivity index (χ0n) is 20.7. The van der Waals surface area contributed by atoms with Crippen LogP contribution in [0.4, 0.5) is 5.69 Å². The molecule has 0 bridgehead atoms. The molecule has 0 spiro atoms. The van der Waals surface area contributed by atoms with E-state index < -0.39 is 0 Å². The van der Waals surface area contributed by atoms with Crippen molar-refractivity contribution < 1.29 is 14.5 Å². The van der Waals surface area contributed by atoms with Crippen molar-refractivity contribution in [3.63, 3.8) is 0 Å². The molecule has 0 amide bonds. The smallest absolute Gasteiger partial charge is 0.271 e. The number of Topliss-reactive ketones (excluding diaryl/α,β-unsaturated/α-hetero) is 1. The predicted octanol–water partition coefficient (Wildman–Crippen LogP) is 4.91. The summed E-state index contributed by atoms with van der Waals surface area (Å²) in [5.74, 6) is 1.03. The molecule has 37 heavy (non-hydrogen) atoms. The Morgan fingerprint density at radius 2 is 1.95 bits per heavy atom. The van der Waals surface area contributed by atoms with Crippen molar-refractivity contribution in [2.75, 3.05) is 13.7 Å². The Kier molecular flexibility index (Phi) is 5.80. The van der Waals surface area contributed by atoms with Crippen LogP contribution >= 0.6 is 0 Å². The van der Waals surface area contributed by atoms with Crippen molar-refractivity contribution in [1.82, 2.24) is 10.3 Å². The summed E-state index contributed by atoms with van der Waals surface area (Å²) in [6.07, 6.45) is 2.72. The minimum absolute atomic E-state index is 0.0336. The number of carbonyl (C=O) groups is 1. The van der Waals surface area contributed by atoms with Gasteiger partial charge >= 0.3 is 0 Å². The highest BCUT2D eigenvalue weighted by Crippen LogP contribution is 2.50. The topological polar surface area (TPSA) is 97.3 Å². The number of ether oxygens (including phenoxy) is 1. The third kappa shape index (κ3) is 4.00. The molecule has 2 heterocycles. The summed E-state index contributed by atoms with van der Waals surface area (Å²) < 4.78 is 5.57. The third-order valence-corrected chi connectivity index (χ3v) is 8.37. The average molecular weight is 496 g/mol. The van der Waals surface area contributed by atoms with Gasteiger partial charge in [0.15, 0.2) is 5.78 Å². The second-order valence-electron chi connectivity index (χ2n) is 10.3. The number of aromatic nitrogens is 1. The van der Waals surface area contributed by atoms with E-state index in [0.29, 0.717) is 12.8 Å². The monoisotopic (exact) mass is 495 g/mol. The highest BCUT2D eigenvalue weighted by Gasteiger charge is 2.52. The van der Waals surface area contributed by atoms with Gasteiger partial charge in [-0.05, 0) is 66.6 Å². The molecule has 1 aliphatic heterocycles. The van der Waals surface area contributed by atoms with Gasteiger partial charge in [0, 0.05) is 35.0 Å². The number of ketones is 1. The fraction of sp³-hybridized carbons (Fsp3) is 0.300. The molecule has 4 aromatic rings. The van der Waals surface area contributed by atoms with Gasteiger partial charge in [-0.2, -0.15) is 0 Å². The normalized spacial score (nSPS) is 22.7. The van der Waals surface area contributed by atoms with E-state index in [-0.39, 0.29) is 33.8 Å². The van der Waals surface area contributed by atoms with E-state index in [0.717, 1.165) is 52.9 Å². The standard InChI is InChI=1S/C30H29N3O4/c1-37-22-9-5-8-20(15-22)30-12-13-31-29(28(34)14-19-6-3-2-4-7-19)25(30)17-24-23-11-10-21(33(35)36)16-26(23)32-27(24)18-30/h2-11,15-16,25,29,31-32H,12-14,17-18H2,1H3/t25?,29?,30-/m1/s1. The fourth-order valence-corrected chi connectivity index (χ4v) is 6.60. The Morgan fingerprint density at radius 3 is 2.73 bits per heavy atom. The SMILES string of the molecule is COc1cccc([C@]23CCNC(C(=O)Cc4ccccc4)C2Cc2c([nH]c4cc([N+](=O)[O-])ccc24)C3)c1. The Labute approximate surface area is 215 Å². The van der Waals surface area contributed by atoms with Crippen LogP contribution < -0.4 is 10.1 Å². The van der Waals surface area contributed by atoms with E-state index in [1.165, 1.54) is 5.56 Å². The molecule has 2 N–H and O–H groups in total. The molecule has 3 atom stereocenters. The molecule has 7 nitrogen and oxygen atoms in total. The van der Waals surface area contributed by atoms with Crippen LogP contribution in [0.2, 0.25) is 0 Å². The third-order valence-electron chi connectivity index (χ3n) is 8.37. The van der Waals surface area contributed by atoms with Crippen LogP contribution in [-0.4, -0.2) is 35.4 Å². The van der Waals surface area contributed by atoms with Crippen LogP contribution in [0, 0.1) is 16.0 Å². The van der Waals surface area contributed by atoms with Crippen molar-refractivity contribution in [3.8, 4) is 5.75 Å². The maximum atomic E-state index is 13.8. The van der Waals surface area contributed by atoms with Crippen LogP contribution in [-0.2, 0) is 29.5 Å². The molecule has 3 aromatic carbocycles. The number of nitrogens with one attached hydrogen (secondary N) is 2. The summed E-state index contributed by atoms with van der Waals surface area (Å²) in [6.45, 7) is 0.736. The van der Waals surface area contributed by atoms with E-state index in [4.69, 9.17) is 4.74 Å². The largest absolute Gasteiger partial charge is 0.497 e. The first-order chi connectivity index (χ1) is 18.0. The number of nitro benzene ring substituents is 1. The number of non-ortho nitro benzene ring substituents is 1. The van der Waals surface area contributed by atoms with Crippen LogP contribution in [0.25, 0.3) is 10.9 Å². The summed E-state index contributed by atoms with van der Waals surface area (Å²) in [6, 6.07) is 22.9. The van der Waals surface area contributed by atoms with E-state index in [9.17, 15) is 14.9 Å². The number of hydrogen-bond donors (Lipinski definition) is 2. The second kappa shape index (κ2) is 9.16. The summed E-state index contributed by atoms with van der Waals surface area (Å²) in [7, 11) is 1.67. The molecule has 2 aliphatic rings. The molecule has 2 unspecified atom stereocenters. The van der Waals surface area contributed by atoms with Crippen molar-refractivity contribution in [3.05, 3.63) is 105 Å². The number of H-pyrrole nitrogens is 1. The number of aromatic amines is 1. The number of hydrogen-bond acceptors (Lipinski definition) is 5. The first-order valence-electron chi connectivity index (χ1n) is 12.7. The van der Waals surface area contributed by atoms with Gasteiger partial charge in [-0.1, -0.05) is 42.5 Å². The van der Waals surface area contributed by atoms with E-state index in [1.807, 2.05) is 48.5 Å². The summed E-state index contributed by atoms with van der Waals surface area (Å²) in [4.78, 5) is 28.3. The van der Waals surface area contributed by atoms with Gasteiger partial charge in [-0.15, -0.1) is 0 Å². The zero-order chi connectivity index (χ0) is 25.6. The number of carbonyl (C=O) groups excluding carboxylic acids is 1. The van der Waals surface area contributed by atoms with Crippen LogP contribution in [0.5, 0.6) is 5.75 Å². The van der Waals surface area contributed by atoms with Crippen molar-refractivity contribution in [1.29, 1.82) is 0 Å². The lowest BCUT2D eigenvalue weighted by molar-refractivity contribution is -0.384. The molecule has 0 saturated carbocycles. The minimum atomic E-state index is -0.362. The lowest BCUT2D eigenvalue weighted by Crippen LogP contribution is -2.60. The van der Waals surface area contributed by atoms with Crippen LogP contribution in [0.3, 0.4) is 0 Å². The molecule has 7 heteroatoms. The number of benzene rings is 3. The van der Waals surface area contributed by atoms with Crippen LogP contribution in [0.1, 0.15) is 28.8 Å². The van der Waals surface area contributed by atoms with Gasteiger partial charge in [0.25, 0.3) is 5.69 Å². The summed E-state index contributed by atoms with van der Waals surface area (Å²) in [5, 5.41) is 16.0. The number of nitrogens with zero attached hydrogens (tertiary/aromatic N) is 1. The molecule has 0 radical (unpaired) electrons. The van der Waals surface area contributed by atoms with Gasteiger partial charge in [0.2, 0.25) is 0 Å². The Balaban J connectivity index is 1.46. The van der Waals surface area contributed by atoms with Crippen LogP contribution in [0.15, 0.2) is 72.8 Å². The maximum absolute atomic E-state index is 13.8. The lowest BCUT2D eigenvalue weighted by Gasteiger charge is -2.51. The second-order valence-corrected chi connectivity index (χ2v) is 10.3. The summed E-state index contributed by atoms with van der Waals surface area (Å²) in [5.41, 5.74) is 5.04. The molecular weight excluding hydrogens is 466 g/mol. The van der Waals surface area contributed by atoms with E-state index in [2.05, 4.69) is 22.4 Å². The fourth-order valence-electron chi connectivity index (χ4n) is 6.60. The average Bonchev–Trinajstić information content (AvgIpc) is 3.28. The predicted molar refractivity (Wildman–Crippen MR) is 142 cm³/mol. The molecule has 6 rings (SSSR count). The van der Waals surface area contributed by atoms with E-state index >= 15 is 0 Å². The first kappa shape index (κ1) is 23.4. The number of methoxy groups -OCH3 is 1. The minimum Gasteiger partial charge on any atom is -0.497 e. The molecular formula is C30H29N3O4. The van der Waals surface area contributed by atoms with Gasteiger partial charge < -0.3 is 15.0 Å². The van der Waals surface area contributed by atoms with Gasteiger partial charge in [-0.25, -0.2) is 0 Å². The zero-order valence-corrected chi connectivity index (χ0v) is 20.7. The number of nitro groups is 1. The number of fused-ring (bicyclic) bond motifs is 4.